The maximum Gasteiger partial charge on any atom is 0.188 e. The Hall–Kier alpha value is -1.06. The van der Waals surface area contributed by atoms with Gasteiger partial charge in [-0.25, -0.2) is 4.99 Å². The smallest absolute Gasteiger partial charge is 0.188 e. The lowest BCUT2D eigenvalue weighted by Crippen LogP contribution is -2.38. The van der Waals surface area contributed by atoms with Gasteiger partial charge in [0.2, 0.25) is 0 Å². The van der Waals surface area contributed by atoms with E-state index >= 15 is 0 Å². The van der Waals surface area contributed by atoms with Crippen LogP contribution in [0.3, 0.4) is 0 Å². The van der Waals surface area contributed by atoms with E-state index in [1.807, 2.05) is 24.3 Å². The predicted molar refractivity (Wildman–Crippen MR) is 113 cm³/mol. The highest BCUT2D eigenvalue weighted by atomic mass is 127. The number of rotatable bonds is 9. The zero-order valence-electron chi connectivity index (χ0n) is 15.1. The first-order valence-corrected chi connectivity index (χ1v) is 8.83. The normalized spacial score (nSPS) is 15.5. The molecular formula is C18H31IN4O2. The molecule has 3 N–H and O–H groups in total. The summed E-state index contributed by atoms with van der Waals surface area (Å²) in [6, 6.07) is 8.05. The molecule has 1 fully saturated rings. The van der Waals surface area contributed by atoms with Crippen LogP contribution in [0.4, 0.5) is 0 Å². The van der Waals surface area contributed by atoms with Gasteiger partial charge in [0.05, 0.1) is 19.8 Å². The lowest BCUT2D eigenvalue weighted by atomic mass is 10.2. The molecule has 1 aliphatic rings. The Morgan fingerprint density at radius 1 is 1.36 bits per heavy atom. The summed E-state index contributed by atoms with van der Waals surface area (Å²) >= 11 is 0. The minimum Gasteiger partial charge on any atom is -0.492 e. The number of hydrogen-bond donors (Lipinski definition) is 2. The van der Waals surface area contributed by atoms with E-state index in [0.717, 1.165) is 63.5 Å². The zero-order valence-corrected chi connectivity index (χ0v) is 17.4. The van der Waals surface area contributed by atoms with Gasteiger partial charge in [-0.3, -0.25) is 4.90 Å². The van der Waals surface area contributed by atoms with Crippen molar-refractivity contribution in [3.05, 3.63) is 29.8 Å². The number of nitrogens with two attached hydrogens (primary N) is 1. The zero-order chi connectivity index (χ0) is 17.0. The molecule has 25 heavy (non-hydrogen) atoms. The second-order valence-electron chi connectivity index (χ2n) is 5.93. The van der Waals surface area contributed by atoms with Crippen LogP contribution < -0.4 is 15.8 Å². The SMILES string of the molecule is CCCCNC(N)=NCc1cccc(OCCN2CCOCC2)c1.I. The van der Waals surface area contributed by atoms with E-state index in [0.29, 0.717) is 19.1 Å². The fourth-order valence-electron chi connectivity index (χ4n) is 2.48. The van der Waals surface area contributed by atoms with Crippen LogP contribution in [0.15, 0.2) is 29.3 Å². The van der Waals surface area contributed by atoms with E-state index < -0.39 is 0 Å². The monoisotopic (exact) mass is 462 g/mol. The molecule has 2 rings (SSSR count). The van der Waals surface area contributed by atoms with Crippen molar-refractivity contribution in [2.45, 2.75) is 26.3 Å². The maximum absolute atomic E-state index is 5.86. The van der Waals surface area contributed by atoms with Crippen molar-refractivity contribution in [2.24, 2.45) is 10.7 Å². The maximum atomic E-state index is 5.86. The van der Waals surface area contributed by atoms with Crippen LogP contribution in [-0.4, -0.2) is 56.9 Å². The summed E-state index contributed by atoms with van der Waals surface area (Å²) in [6.07, 6.45) is 2.24. The molecule has 1 saturated heterocycles. The molecule has 1 aromatic rings. The largest absolute Gasteiger partial charge is 0.492 e. The second-order valence-corrected chi connectivity index (χ2v) is 5.93. The first-order chi connectivity index (χ1) is 11.8. The summed E-state index contributed by atoms with van der Waals surface area (Å²) in [6.45, 7) is 8.82. The molecule has 0 spiro atoms. The Morgan fingerprint density at radius 2 is 2.16 bits per heavy atom. The van der Waals surface area contributed by atoms with E-state index in [1.54, 1.807) is 0 Å². The van der Waals surface area contributed by atoms with E-state index in [2.05, 4.69) is 22.1 Å². The average molecular weight is 462 g/mol. The predicted octanol–water partition coefficient (Wildman–Crippen LogP) is 2.22. The summed E-state index contributed by atoms with van der Waals surface area (Å²) in [5.41, 5.74) is 6.95. The Balaban J connectivity index is 0.00000312. The van der Waals surface area contributed by atoms with E-state index in [9.17, 15) is 0 Å². The van der Waals surface area contributed by atoms with Crippen molar-refractivity contribution >= 4 is 29.9 Å². The number of morpholine rings is 1. The first kappa shape index (κ1) is 22.0. The molecule has 7 heteroatoms. The molecule has 0 bridgehead atoms. The van der Waals surface area contributed by atoms with Crippen LogP contribution in [0, 0.1) is 0 Å². The molecular weight excluding hydrogens is 431 g/mol. The molecule has 1 aliphatic heterocycles. The lowest BCUT2D eigenvalue weighted by molar-refractivity contribution is 0.0322. The minimum absolute atomic E-state index is 0. The molecule has 0 saturated carbocycles. The molecule has 0 aromatic heterocycles. The van der Waals surface area contributed by atoms with Gasteiger partial charge in [-0.15, -0.1) is 24.0 Å². The Labute approximate surface area is 168 Å². The third-order valence-corrected chi connectivity index (χ3v) is 3.95. The highest BCUT2D eigenvalue weighted by Gasteiger charge is 2.09. The summed E-state index contributed by atoms with van der Waals surface area (Å²) in [5, 5.41) is 3.12. The van der Waals surface area contributed by atoms with Gasteiger partial charge in [0, 0.05) is 26.2 Å². The van der Waals surface area contributed by atoms with Gasteiger partial charge in [0.25, 0.3) is 0 Å². The quantitative estimate of drug-likeness (QED) is 0.255. The van der Waals surface area contributed by atoms with Crippen LogP contribution >= 0.6 is 24.0 Å². The summed E-state index contributed by atoms with van der Waals surface area (Å²) in [5.74, 6) is 1.38. The first-order valence-electron chi connectivity index (χ1n) is 8.83. The van der Waals surface area contributed by atoms with Crippen LogP contribution in [0.25, 0.3) is 0 Å². The molecule has 6 nitrogen and oxygen atoms in total. The van der Waals surface area contributed by atoms with Crippen molar-refractivity contribution in [3.63, 3.8) is 0 Å². The number of unbranched alkanes of at least 4 members (excludes halogenated alkanes) is 1. The van der Waals surface area contributed by atoms with E-state index in [1.165, 1.54) is 0 Å². The molecule has 142 valence electrons. The van der Waals surface area contributed by atoms with Crippen molar-refractivity contribution < 1.29 is 9.47 Å². The third kappa shape index (κ3) is 9.27. The van der Waals surface area contributed by atoms with Crippen molar-refractivity contribution in [1.82, 2.24) is 10.2 Å². The van der Waals surface area contributed by atoms with Gasteiger partial charge in [-0.05, 0) is 24.1 Å². The molecule has 0 atom stereocenters. The Kier molecular flexibility index (Phi) is 11.6. The fourth-order valence-corrected chi connectivity index (χ4v) is 2.48. The topological polar surface area (TPSA) is 72.1 Å². The molecule has 1 heterocycles. The minimum atomic E-state index is 0. The fraction of sp³-hybridized carbons (Fsp3) is 0.611. The Morgan fingerprint density at radius 3 is 2.92 bits per heavy atom. The highest BCUT2D eigenvalue weighted by molar-refractivity contribution is 14.0. The molecule has 0 unspecified atom stereocenters. The van der Waals surface area contributed by atoms with Gasteiger partial charge in [0.1, 0.15) is 12.4 Å². The average Bonchev–Trinajstić information content (AvgIpc) is 2.62. The van der Waals surface area contributed by atoms with Crippen LogP contribution in [0.2, 0.25) is 0 Å². The second kappa shape index (κ2) is 13.2. The summed E-state index contributed by atoms with van der Waals surface area (Å²) in [4.78, 5) is 6.73. The van der Waals surface area contributed by atoms with Gasteiger partial charge in [-0.2, -0.15) is 0 Å². The van der Waals surface area contributed by atoms with Crippen molar-refractivity contribution in [1.29, 1.82) is 0 Å². The molecule has 1 aromatic carbocycles. The standard InChI is InChI=1S/C18H30N4O2.HI/c1-2-3-7-20-18(19)21-15-16-5-4-6-17(14-16)24-13-10-22-8-11-23-12-9-22;/h4-6,14H,2-3,7-13,15H2,1H3,(H3,19,20,21);1H. The Bertz CT molecular complexity index is 508. The number of benzene rings is 1. The van der Waals surface area contributed by atoms with Crippen molar-refractivity contribution in [3.8, 4) is 5.75 Å². The highest BCUT2D eigenvalue weighted by Crippen LogP contribution is 2.14. The number of aliphatic imine (C=N–C) groups is 1. The van der Waals surface area contributed by atoms with Crippen molar-refractivity contribution in [2.75, 3.05) is 46.0 Å². The summed E-state index contributed by atoms with van der Waals surface area (Å²) < 4.78 is 11.2. The number of hydrogen-bond acceptors (Lipinski definition) is 4. The van der Waals surface area contributed by atoms with Gasteiger partial charge in [0.15, 0.2) is 5.96 Å². The van der Waals surface area contributed by atoms with Gasteiger partial charge >= 0.3 is 0 Å². The number of nitrogens with zero attached hydrogens (tertiary/aromatic N) is 2. The molecule has 0 amide bonds. The molecule has 0 aliphatic carbocycles. The van der Waals surface area contributed by atoms with Gasteiger partial charge in [-0.1, -0.05) is 25.5 Å². The number of halogens is 1. The van der Waals surface area contributed by atoms with Crippen LogP contribution in [0.5, 0.6) is 5.75 Å². The van der Waals surface area contributed by atoms with Crippen LogP contribution in [-0.2, 0) is 11.3 Å². The number of nitrogens with one attached hydrogen (secondary N) is 1. The summed E-state index contributed by atoms with van der Waals surface area (Å²) in [7, 11) is 0. The van der Waals surface area contributed by atoms with Crippen LogP contribution in [0.1, 0.15) is 25.3 Å². The lowest BCUT2D eigenvalue weighted by Gasteiger charge is -2.26. The third-order valence-electron chi connectivity index (χ3n) is 3.95. The molecule has 0 radical (unpaired) electrons. The van der Waals surface area contributed by atoms with Gasteiger partial charge < -0.3 is 20.5 Å². The van der Waals surface area contributed by atoms with E-state index in [-0.39, 0.29) is 24.0 Å². The number of guanidine groups is 1. The van der Waals surface area contributed by atoms with E-state index in [4.69, 9.17) is 15.2 Å². The number of ether oxygens (including phenoxy) is 2.